The molecule has 0 radical (unpaired) electrons. The molecule has 0 aliphatic carbocycles. The first-order valence-electron chi connectivity index (χ1n) is 7.29. The molecular formula is C15H18F3N5O. The van der Waals surface area contributed by atoms with Crippen LogP contribution in [-0.2, 0) is 6.42 Å². The van der Waals surface area contributed by atoms with E-state index in [2.05, 4.69) is 19.7 Å². The molecule has 0 bridgehead atoms. The molecule has 0 saturated heterocycles. The summed E-state index contributed by atoms with van der Waals surface area (Å²) in [6, 6.07) is 9.51. The Bertz CT molecular complexity index is 651. The predicted molar refractivity (Wildman–Crippen MR) is 83.8 cm³/mol. The van der Waals surface area contributed by atoms with Gasteiger partial charge in [0.15, 0.2) is 6.61 Å². The number of benzene rings is 1. The third kappa shape index (κ3) is 5.90. The first kappa shape index (κ1) is 17.8. The number of anilines is 2. The lowest BCUT2D eigenvalue weighted by Gasteiger charge is -2.17. The summed E-state index contributed by atoms with van der Waals surface area (Å²) in [6.07, 6.45) is -2.78. The second-order valence-corrected chi connectivity index (χ2v) is 5.19. The van der Waals surface area contributed by atoms with Crippen molar-refractivity contribution in [1.82, 2.24) is 15.0 Å². The normalized spacial score (nSPS) is 11.3. The second-order valence-electron chi connectivity index (χ2n) is 5.19. The highest BCUT2D eigenvalue weighted by molar-refractivity contribution is 5.35. The Morgan fingerprint density at radius 1 is 1.12 bits per heavy atom. The first-order valence-corrected chi connectivity index (χ1v) is 7.29. The zero-order chi connectivity index (χ0) is 17.6. The van der Waals surface area contributed by atoms with Crippen molar-refractivity contribution in [1.29, 1.82) is 0 Å². The van der Waals surface area contributed by atoms with Crippen molar-refractivity contribution >= 4 is 11.9 Å². The largest absolute Gasteiger partial charge is 0.454 e. The highest BCUT2D eigenvalue weighted by Crippen LogP contribution is 2.18. The van der Waals surface area contributed by atoms with E-state index in [-0.39, 0.29) is 11.9 Å². The first-order chi connectivity index (χ1) is 11.3. The van der Waals surface area contributed by atoms with E-state index in [4.69, 9.17) is 5.73 Å². The molecule has 2 N–H and O–H groups in total. The van der Waals surface area contributed by atoms with Crippen LogP contribution >= 0.6 is 0 Å². The van der Waals surface area contributed by atoms with Gasteiger partial charge >= 0.3 is 12.2 Å². The van der Waals surface area contributed by atoms with Crippen LogP contribution in [0.25, 0.3) is 0 Å². The average molecular weight is 341 g/mol. The summed E-state index contributed by atoms with van der Waals surface area (Å²) in [6.45, 7) is -0.870. The lowest BCUT2D eigenvalue weighted by Crippen LogP contribution is -2.24. The summed E-state index contributed by atoms with van der Waals surface area (Å²) in [5.41, 5.74) is 6.71. The Morgan fingerprint density at radius 2 is 1.83 bits per heavy atom. The number of aryl methyl sites for hydroxylation is 1. The zero-order valence-electron chi connectivity index (χ0n) is 13.1. The Balaban J connectivity index is 1.93. The predicted octanol–water partition coefficient (Wildman–Crippen LogP) is 2.46. The lowest BCUT2D eigenvalue weighted by atomic mass is 10.1. The van der Waals surface area contributed by atoms with Gasteiger partial charge in [-0.2, -0.15) is 28.1 Å². The van der Waals surface area contributed by atoms with Crippen molar-refractivity contribution < 1.29 is 17.9 Å². The SMILES string of the molecule is CN(CCCc1ccccc1)c1nc(N)nc(OCC(F)(F)F)n1. The molecule has 0 spiro atoms. The summed E-state index contributed by atoms with van der Waals surface area (Å²) in [5, 5.41) is 0. The van der Waals surface area contributed by atoms with Crippen molar-refractivity contribution in [2.75, 3.05) is 30.8 Å². The number of hydrogen-bond donors (Lipinski definition) is 1. The monoisotopic (exact) mass is 341 g/mol. The standard InChI is InChI=1S/C15H18F3N5O/c1-23(9-5-8-11-6-3-2-4-7-11)13-20-12(19)21-14(22-13)24-10-15(16,17)18/h2-4,6-7H,5,8-10H2,1H3,(H2,19,20,21,22). The maximum Gasteiger partial charge on any atom is 0.422 e. The quantitative estimate of drug-likeness (QED) is 0.834. The molecule has 1 aromatic heterocycles. The van der Waals surface area contributed by atoms with Crippen molar-refractivity contribution in [2.45, 2.75) is 19.0 Å². The van der Waals surface area contributed by atoms with Gasteiger partial charge in [-0.25, -0.2) is 0 Å². The van der Waals surface area contributed by atoms with Gasteiger partial charge < -0.3 is 15.4 Å². The van der Waals surface area contributed by atoms with Gasteiger partial charge in [-0.15, -0.1) is 0 Å². The van der Waals surface area contributed by atoms with E-state index in [0.717, 1.165) is 12.8 Å². The van der Waals surface area contributed by atoms with Crippen LogP contribution in [-0.4, -0.2) is 41.3 Å². The van der Waals surface area contributed by atoms with E-state index >= 15 is 0 Å². The molecule has 0 aliphatic heterocycles. The van der Waals surface area contributed by atoms with Crippen LogP contribution in [0.1, 0.15) is 12.0 Å². The van der Waals surface area contributed by atoms with Crippen LogP contribution in [0.15, 0.2) is 30.3 Å². The molecule has 6 nitrogen and oxygen atoms in total. The van der Waals surface area contributed by atoms with Gasteiger partial charge in [0.1, 0.15) is 0 Å². The number of aromatic nitrogens is 3. The minimum Gasteiger partial charge on any atom is -0.454 e. The van der Waals surface area contributed by atoms with E-state index in [1.165, 1.54) is 5.56 Å². The fourth-order valence-corrected chi connectivity index (χ4v) is 2.01. The average Bonchev–Trinajstić information content (AvgIpc) is 2.53. The molecule has 0 aliphatic rings. The molecule has 0 unspecified atom stereocenters. The van der Waals surface area contributed by atoms with Crippen molar-refractivity contribution in [3.8, 4) is 6.01 Å². The van der Waals surface area contributed by atoms with Gasteiger partial charge in [0.25, 0.3) is 0 Å². The molecule has 0 amide bonds. The molecule has 0 fully saturated rings. The van der Waals surface area contributed by atoms with Gasteiger partial charge in [0.05, 0.1) is 0 Å². The maximum atomic E-state index is 12.2. The highest BCUT2D eigenvalue weighted by Gasteiger charge is 2.29. The number of rotatable bonds is 7. The molecule has 9 heteroatoms. The maximum absolute atomic E-state index is 12.2. The number of ether oxygens (including phenoxy) is 1. The third-order valence-corrected chi connectivity index (χ3v) is 3.13. The second kappa shape index (κ2) is 7.80. The smallest absolute Gasteiger partial charge is 0.422 e. The molecule has 1 aromatic carbocycles. The molecule has 130 valence electrons. The van der Waals surface area contributed by atoms with Gasteiger partial charge in [0, 0.05) is 13.6 Å². The molecule has 2 rings (SSSR count). The molecular weight excluding hydrogens is 323 g/mol. The Kier molecular flexibility index (Phi) is 5.78. The fraction of sp³-hybridized carbons (Fsp3) is 0.400. The molecule has 24 heavy (non-hydrogen) atoms. The topological polar surface area (TPSA) is 77.2 Å². The Morgan fingerprint density at radius 3 is 2.50 bits per heavy atom. The van der Waals surface area contributed by atoms with Crippen LogP contribution < -0.4 is 15.4 Å². The Hall–Kier alpha value is -2.58. The Labute approximate surface area is 137 Å². The van der Waals surface area contributed by atoms with Gasteiger partial charge in [-0.1, -0.05) is 30.3 Å². The molecule has 0 atom stereocenters. The van der Waals surface area contributed by atoms with Crippen LogP contribution in [0.3, 0.4) is 0 Å². The van der Waals surface area contributed by atoms with E-state index in [0.29, 0.717) is 6.54 Å². The van der Waals surface area contributed by atoms with E-state index < -0.39 is 18.8 Å². The van der Waals surface area contributed by atoms with Crippen molar-refractivity contribution in [2.24, 2.45) is 0 Å². The summed E-state index contributed by atoms with van der Waals surface area (Å²) in [4.78, 5) is 13.0. The van der Waals surface area contributed by atoms with Gasteiger partial charge in [-0.3, -0.25) is 0 Å². The number of nitrogens with two attached hydrogens (primary N) is 1. The number of nitrogen functional groups attached to an aromatic ring is 1. The molecule has 0 saturated carbocycles. The van der Waals surface area contributed by atoms with Crippen molar-refractivity contribution in [3.05, 3.63) is 35.9 Å². The van der Waals surface area contributed by atoms with Gasteiger partial charge in [-0.05, 0) is 18.4 Å². The van der Waals surface area contributed by atoms with Crippen LogP contribution in [0.2, 0.25) is 0 Å². The van der Waals surface area contributed by atoms with Gasteiger partial charge in [0.2, 0.25) is 11.9 Å². The number of alkyl halides is 3. The number of nitrogens with zero attached hydrogens (tertiary/aromatic N) is 4. The van der Waals surface area contributed by atoms with E-state index in [1.54, 1.807) is 11.9 Å². The number of halogens is 3. The van der Waals surface area contributed by atoms with E-state index in [9.17, 15) is 13.2 Å². The van der Waals surface area contributed by atoms with Crippen LogP contribution in [0.4, 0.5) is 25.1 Å². The number of hydrogen-bond acceptors (Lipinski definition) is 6. The van der Waals surface area contributed by atoms with E-state index in [1.807, 2.05) is 30.3 Å². The van der Waals surface area contributed by atoms with Crippen LogP contribution in [0.5, 0.6) is 6.01 Å². The summed E-state index contributed by atoms with van der Waals surface area (Å²) in [7, 11) is 1.73. The summed E-state index contributed by atoms with van der Waals surface area (Å²) < 4.78 is 41.1. The lowest BCUT2D eigenvalue weighted by molar-refractivity contribution is -0.154. The zero-order valence-corrected chi connectivity index (χ0v) is 13.1. The fourth-order valence-electron chi connectivity index (χ4n) is 2.01. The summed E-state index contributed by atoms with van der Waals surface area (Å²) in [5.74, 6) is -0.0141. The molecule has 2 aromatic rings. The van der Waals surface area contributed by atoms with Crippen molar-refractivity contribution in [3.63, 3.8) is 0 Å². The minimum atomic E-state index is -4.47. The highest BCUT2D eigenvalue weighted by atomic mass is 19.4. The minimum absolute atomic E-state index is 0.174. The third-order valence-electron chi connectivity index (χ3n) is 3.13. The summed E-state index contributed by atoms with van der Waals surface area (Å²) >= 11 is 0. The molecule has 1 heterocycles. The van der Waals surface area contributed by atoms with Crippen LogP contribution in [0, 0.1) is 0 Å².